The molecule has 1 atom stereocenters. The van der Waals surface area contributed by atoms with Crippen molar-refractivity contribution in [3.05, 3.63) is 10.4 Å². The summed E-state index contributed by atoms with van der Waals surface area (Å²) in [7, 11) is 0. The Morgan fingerprint density at radius 3 is 2.56 bits per heavy atom. The minimum atomic E-state index is -0.499. The molecule has 0 aromatic heterocycles. The highest BCUT2D eigenvalue weighted by Crippen LogP contribution is 2.00. The lowest BCUT2D eigenvalue weighted by atomic mass is 10.1. The average Bonchev–Trinajstić information content (AvgIpc) is 1.82. The Labute approximate surface area is 54.1 Å². The van der Waals surface area contributed by atoms with Crippen LogP contribution in [0, 0.1) is 5.92 Å². The second-order valence-corrected chi connectivity index (χ2v) is 2.22. The molecular weight excluding hydrogens is 118 g/mol. The molecule has 0 bridgehead atoms. The van der Waals surface area contributed by atoms with Crippen molar-refractivity contribution in [3.63, 3.8) is 0 Å². The van der Waals surface area contributed by atoms with Crippen LogP contribution in [0.3, 0.4) is 0 Å². The summed E-state index contributed by atoms with van der Waals surface area (Å²) in [4.78, 5) is 2.52. The van der Waals surface area contributed by atoms with Crippen LogP contribution in [0.4, 0.5) is 0 Å². The Morgan fingerprint density at radius 1 is 1.67 bits per heavy atom. The Hall–Kier alpha value is -0.730. The highest BCUT2D eigenvalue weighted by molar-refractivity contribution is 4.62. The van der Waals surface area contributed by atoms with Crippen LogP contribution in [-0.2, 0) is 0 Å². The van der Waals surface area contributed by atoms with Gasteiger partial charge in [0.25, 0.3) is 0 Å². The lowest BCUT2D eigenvalue weighted by Gasteiger charge is -2.09. The van der Waals surface area contributed by atoms with Gasteiger partial charge in [-0.3, -0.25) is 0 Å². The van der Waals surface area contributed by atoms with E-state index < -0.39 is 6.10 Å². The van der Waals surface area contributed by atoms with E-state index in [-0.39, 0.29) is 12.5 Å². The Bertz CT molecular complexity index is 117. The molecule has 0 aromatic carbocycles. The quantitative estimate of drug-likeness (QED) is 0.348. The van der Waals surface area contributed by atoms with E-state index in [2.05, 4.69) is 10.0 Å². The van der Waals surface area contributed by atoms with E-state index in [0.717, 1.165) is 0 Å². The van der Waals surface area contributed by atoms with Crippen molar-refractivity contribution >= 4 is 0 Å². The van der Waals surface area contributed by atoms with Crippen molar-refractivity contribution in [2.24, 2.45) is 11.0 Å². The van der Waals surface area contributed by atoms with Crippen LogP contribution in [0.1, 0.15) is 13.8 Å². The van der Waals surface area contributed by atoms with Crippen LogP contribution in [0.15, 0.2) is 5.11 Å². The molecule has 0 fully saturated rings. The summed E-state index contributed by atoms with van der Waals surface area (Å²) in [6, 6.07) is 0. The van der Waals surface area contributed by atoms with Crippen molar-refractivity contribution in [2.75, 3.05) is 6.54 Å². The van der Waals surface area contributed by atoms with E-state index in [1.807, 2.05) is 13.8 Å². The van der Waals surface area contributed by atoms with E-state index in [9.17, 15) is 0 Å². The highest BCUT2D eigenvalue weighted by atomic mass is 16.3. The molecule has 4 heteroatoms. The van der Waals surface area contributed by atoms with Gasteiger partial charge in [-0.1, -0.05) is 19.0 Å². The summed E-state index contributed by atoms with van der Waals surface area (Å²) in [6.45, 7) is 3.92. The number of hydrogen-bond donors (Lipinski definition) is 1. The molecule has 1 N–H and O–H groups in total. The first-order chi connectivity index (χ1) is 4.18. The fourth-order valence-corrected chi connectivity index (χ4v) is 0.331. The van der Waals surface area contributed by atoms with Crippen molar-refractivity contribution in [3.8, 4) is 0 Å². The zero-order valence-corrected chi connectivity index (χ0v) is 5.65. The molecule has 9 heavy (non-hydrogen) atoms. The molecule has 4 nitrogen and oxygen atoms in total. The molecule has 0 unspecified atom stereocenters. The molecule has 0 spiro atoms. The molecule has 52 valence electrons. The second kappa shape index (κ2) is 4.18. The topological polar surface area (TPSA) is 69.0 Å². The third-order valence-electron chi connectivity index (χ3n) is 1.10. The van der Waals surface area contributed by atoms with Gasteiger partial charge < -0.3 is 5.11 Å². The molecule has 0 saturated carbocycles. The van der Waals surface area contributed by atoms with Crippen molar-refractivity contribution < 1.29 is 5.11 Å². The minimum Gasteiger partial charge on any atom is -0.393 e. The normalized spacial score (nSPS) is 12.9. The fraction of sp³-hybridized carbons (Fsp3) is 1.00. The van der Waals surface area contributed by atoms with Crippen LogP contribution >= 0.6 is 0 Å². The van der Waals surface area contributed by atoms with E-state index in [1.54, 1.807) is 0 Å². The van der Waals surface area contributed by atoms with E-state index in [1.165, 1.54) is 0 Å². The number of hydrogen-bond acceptors (Lipinski definition) is 2. The van der Waals surface area contributed by atoms with Crippen molar-refractivity contribution in [2.45, 2.75) is 20.0 Å². The van der Waals surface area contributed by atoms with Gasteiger partial charge in [0.05, 0.1) is 12.6 Å². The molecule has 0 aliphatic rings. The van der Waals surface area contributed by atoms with Crippen LogP contribution in [0.25, 0.3) is 10.4 Å². The van der Waals surface area contributed by atoms with Crippen molar-refractivity contribution in [1.29, 1.82) is 0 Å². The van der Waals surface area contributed by atoms with Gasteiger partial charge in [0.1, 0.15) is 0 Å². The lowest BCUT2D eigenvalue weighted by molar-refractivity contribution is 0.133. The number of aliphatic hydroxyl groups is 1. The molecule has 0 aliphatic heterocycles. The Kier molecular flexibility index (Phi) is 3.84. The summed E-state index contributed by atoms with van der Waals surface area (Å²) in [5.41, 5.74) is 7.84. The van der Waals surface area contributed by atoms with E-state index in [0.29, 0.717) is 0 Å². The number of rotatable bonds is 3. The summed E-state index contributed by atoms with van der Waals surface area (Å²) in [5, 5.41) is 12.2. The van der Waals surface area contributed by atoms with Crippen molar-refractivity contribution in [1.82, 2.24) is 0 Å². The molecule has 0 amide bonds. The third-order valence-corrected chi connectivity index (χ3v) is 1.10. The van der Waals surface area contributed by atoms with Gasteiger partial charge in [-0.2, -0.15) is 0 Å². The largest absolute Gasteiger partial charge is 0.393 e. The zero-order valence-electron chi connectivity index (χ0n) is 5.65. The Morgan fingerprint density at radius 2 is 2.22 bits per heavy atom. The van der Waals surface area contributed by atoms with Gasteiger partial charge >= 0.3 is 0 Å². The SMILES string of the molecule is CC(C)[C@H](O)CN=[N+]=[N-]. The molecule has 0 rings (SSSR count). The number of aliphatic hydroxyl groups excluding tert-OH is 1. The molecular formula is C5H11N3O. The maximum Gasteiger partial charge on any atom is 0.0619 e. The lowest BCUT2D eigenvalue weighted by Crippen LogP contribution is -2.17. The van der Waals surface area contributed by atoms with Gasteiger partial charge in [0.15, 0.2) is 0 Å². The van der Waals surface area contributed by atoms with Crippen LogP contribution in [-0.4, -0.2) is 17.8 Å². The van der Waals surface area contributed by atoms with Crippen LogP contribution < -0.4 is 0 Å². The predicted molar refractivity (Wildman–Crippen MR) is 34.9 cm³/mol. The standard InChI is InChI=1S/C5H11N3O/c1-4(2)5(9)3-7-8-6/h4-5,9H,3H2,1-2H3/t5-/m1/s1. The third kappa shape index (κ3) is 3.82. The Balaban J connectivity index is 3.49. The fourth-order valence-electron chi connectivity index (χ4n) is 0.331. The summed E-state index contributed by atoms with van der Waals surface area (Å²) in [6.07, 6.45) is -0.499. The van der Waals surface area contributed by atoms with Gasteiger partial charge in [0.2, 0.25) is 0 Å². The predicted octanol–water partition coefficient (Wildman–Crippen LogP) is 1.31. The average molecular weight is 129 g/mol. The van der Waals surface area contributed by atoms with Crippen LogP contribution in [0.5, 0.6) is 0 Å². The maximum atomic E-state index is 8.99. The first-order valence-electron chi connectivity index (χ1n) is 2.87. The van der Waals surface area contributed by atoms with Gasteiger partial charge in [0, 0.05) is 4.91 Å². The highest BCUT2D eigenvalue weighted by Gasteiger charge is 2.05. The monoisotopic (exact) mass is 129 g/mol. The van der Waals surface area contributed by atoms with Gasteiger partial charge in [-0.15, -0.1) is 0 Å². The molecule has 0 heterocycles. The first-order valence-corrected chi connectivity index (χ1v) is 2.87. The van der Waals surface area contributed by atoms with E-state index >= 15 is 0 Å². The van der Waals surface area contributed by atoms with Crippen LogP contribution in [0.2, 0.25) is 0 Å². The molecule has 0 saturated heterocycles. The zero-order chi connectivity index (χ0) is 7.28. The smallest absolute Gasteiger partial charge is 0.0619 e. The molecule has 0 aliphatic carbocycles. The molecule has 0 radical (unpaired) electrons. The number of azide groups is 1. The van der Waals surface area contributed by atoms with Gasteiger partial charge in [-0.25, -0.2) is 0 Å². The summed E-state index contributed by atoms with van der Waals surface area (Å²) < 4.78 is 0. The maximum absolute atomic E-state index is 8.99. The second-order valence-electron chi connectivity index (χ2n) is 2.22. The van der Waals surface area contributed by atoms with E-state index in [4.69, 9.17) is 10.6 Å². The number of nitrogens with zero attached hydrogens (tertiary/aromatic N) is 3. The van der Waals surface area contributed by atoms with Gasteiger partial charge in [-0.05, 0) is 11.4 Å². The minimum absolute atomic E-state index is 0.162. The summed E-state index contributed by atoms with van der Waals surface area (Å²) >= 11 is 0. The molecule has 0 aromatic rings. The first kappa shape index (κ1) is 8.27. The summed E-state index contributed by atoms with van der Waals surface area (Å²) in [5.74, 6) is 0.162.